The van der Waals surface area contributed by atoms with Gasteiger partial charge in [-0.05, 0) is 16.5 Å². The van der Waals surface area contributed by atoms with E-state index in [0.717, 1.165) is 5.56 Å². The Morgan fingerprint density at radius 1 is 1.26 bits per heavy atom. The molecule has 1 fully saturated rings. The number of benzene rings is 1. The Morgan fingerprint density at radius 2 is 1.87 bits per heavy atom. The van der Waals surface area contributed by atoms with Crippen molar-refractivity contribution in [2.24, 2.45) is 0 Å². The maximum absolute atomic E-state index is 12.1. The molecule has 1 aliphatic rings. The first kappa shape index (κ1) is 17.9. The summed E-state index contributed by atoms with van der Waals surface area (Å²) in [5, 5.41) is 0.0199. The number of carbonyl (C=O) groups is 2. The van der Waals surface area contributed by atoms with Crippen LogP contribution in [-0.4, -0.2) is 48.0 Å². The van der Waals surface area contributed by atoms with Gasteiger partial charge in [-0.25, -0.2) is 0 Å². The van der Waals surface area contributed by atoms with E-state index in [4.69, 9.17) is 0 Å². The SMILES string of the molecule is CN(C)C(=O)CCN1C(=O)CS[C@H]1c1ccc(C(C)(C)C)cc1. The molecular formula is C18H26N2O2S. The van der Waals surface area contributed by atoms with E-state index in [1.165, 1.54) is 5.56 Å². The lowest BCUT2D eigenvalue weighted by molar-refractivity contribution is -0.131. The summed E-state index contributed by atoms with van der Waals surface area (Å²) in [7, 11) is 3.48. The largest absolute Gasteiger partial charge is 0.349 e. The average molecular weight is 334 g/mol. The molecule has 23 heavy (non-hydrogen) atoms. The molecular weight excluding hydrogens is 308 g/mol. The topological polar surface area (TPSA) is 40.6 Å². The summed E-state index contributed by atoms with van der Waals surface area (Å²) >= 11 is 1.64. The quantitative estimate of drug-likeness (QED) is 0.850. The Morgan fingerprint density at radius 3 is 2.39 bits per heavy atom. The second-order valence-corrected chi connectivity index (χ2v) is 8.23. The fourth-order valence-electron chi connectivity index (χ4n) is 2.56. The van der Waals surface area contributed by atoms with Crippen LogP contribution in [0, 0.1) is 0 Å². The number of hydrogen-bond acceptors (Lipinski definition) is 3. The Bertz CT molecular complexity index is 576. The van der Waals surface area contributed by atoms with Crippen molar-refractivity contribution in [2.75, 3.05) is 26.4 Å². The summed E-state index contributed by atoms with van der Waals surface area (Å²) in [4.78, 5) is 27.3. The summed E-state index contributed by atoms with van der Waals surface area (Å²) < 4.78 is 0. The first-order valence-electron chi connectivity index (χ1n) is 7.92. The smallest absolute Gasteiger partial charge is 0.233 e. The molecule has 0 spiro atoms. The van der Waals surface area contributed by atoms with E-state index in [9.17, 15) is 9.59 Å². The van der Waals surface area contributed by atoms with Crippen molar-refractivity contribution < 1.29 is 9.59 Å². The minimum atomic E-state index is 0.0199. The molecule has 0 radical (unpaired) electrons. The van der Waals surface area contributed by atoms with Gasteiger partial charge in [0, 0.05) is 27.1 Å². The van der Waals surface area contributed by atoms with E-state index < -0.39 is 0 Å². The van der Waals surface area contributed by atoms with Crippen molar-refractivity contribution in [1.82, 2.24) is 9.80 Å². The molecule has 2 amide bonds. The van der Waals surface area contributed by atoms with Crippen LogP contribution in [0.15, 0.2) is 24.3 Å². The molecule has 0 aromatic heterocycles. The zero-order valence-corrected chi connectivity index (χ0v) is 15.4. The van der Waals surface area contributed by atoms with Gasteiger partial charge in [0.1, 0.15) is 5.37 Å². The van der Waals surface area contributed by atoms with E-state index in [1.807, 2.05) is 4.90 Å². The number of rotatable bonds is 4. The van der Waals surface area contributed by atoms with Gasteiger partial charge >= 0.3 is 0 Å². The van der Waals surface area contributed by atoms with Gasteiger partial charge in [0.2, 0.25) is 11.8 Å². The van der Waals surface area contributed by atoms with E-state index in [-0.39, 0.29) is 22.6 Å². The molecule has 1 saturated heterocycles. The predicted octanol–water partition coefficient (Wildman–Crippen LogP) is 3.04. The Hall–Kier alpha value is -1.49. The van der Waals surface area contributed by atoms with Crippen LogP contribution in [0.1, 0.15) is 43.7 Å². The second kappa shape index (κ2) is 6.95. The maximum atomic E-state index is 12.1. The molecule has 1 aromatic carbocycles. The molecule has 1 heterocycles. The molecule has 0 aliphatic carbocycles. The molecule has 5 heteroatoms. The second-order valence-electron chi connectivity index (χ2n) is 7.16. The minimum Gasteiger partial charge on any atom is -0.349 e. The Labute approximate surface area is 143 Å². The van der Waals surface area contributed by atoms with Crippen molar-refractivity contribution in [1.29, 1.82) is 0 Å². The van der Waals surface area contributed by atoms with Crippen LogP contribution in [0.25, 0.3) is 0 Å². The first-order valence-corrected chi connectivity index (χ1v) is 8.96. The highest BCUT2D eigenvalue weighted by Gasteiger charge is 2.33. The summed E-state index contributed by atoms with van der Waals surface area (Å²) in [6, 6.07) is 8.50. The van der Waals surface area contributed by atoms with Crippen LogP contribution in [-0.2, 0) is 15.0 Å². The summed E-state index contributed by atoms with van der Waals surface area (Å²) in [5.41, 5.74) is 2.53. The van der Waals surface area contributed by atoms with Crippen LogP contribution < -0.4 is 0 Å². The van der Waals surface area contributed by atoms with Gasteiger partial charge in [0.05, 0.1) is 5.75 Å². The molecule has 0 N–H and O–H groups in total. The van der Waals surface area contributed by atoms with Gasteiger partial charge in [0.15, 0.2) is 0 Å². The first-order chi connectivity index (χ1) is 10.7. The summed E-state index contributed by atoms with van der Waals surface area (Å²) in [6.07, 6.45) is 0.371. The van der Waals surface area contributed by atoms with Crippen LogP contribution >= 0.6 is 11.8 Å². The third kappa shape index (κ3) is 4.28. The third-order valence-corrected chi connectivity index (χ3v) is 5.35. The number of carbonyl (C=O) groups excluding carboxylic acids is 2. The third-order valence-electron chi connectivity index (χ3n) is 4.10. The lowest BCUT2D eigenvalue weighted by atomic mass is 9.86. The monoisotopic (exact) mass is 334 g/mol. The molecule has 4 nitrogen and oxygen atoms in total. The fraction of sp³-hybridized carbons (Fsp3) is 0.556. The van der Waals surface area contributed by atoms with Crippen molar-refractivity contribution >= 4 is 23.6 Å². The minimum absolute atomic E-state index is 0.0199. The molecule has 126 valence electrons. The molecule has 1 atom stereocenters. The lowest BCUT2D eigenvalue weighted by Crippen LogP contribution is -2.33. The zero-order valence-electron chi connectivity index (χ0n) is 14.6. The standard InChI is InChI=1S/C18H26N2O2S/c1-18(2,3)14-8-6-13(7-9-14)17-20(16(22)12-23-17)11-10-15(21)19(4)5/h6-9,17H,10-12H2,1-5H3/t17-/m0/s1. The Balaban J connectivity index is 2.11. The molecule has 2 rings (SSSR count). The van der Waals surface area contributed by atoms with Gasteiger partial charge in [-0.2, -0.15) is 0 Å². The van der Waals surface area contributed by atoms with E-state index in [0.29, 0.717) is 18.7 Å². The van der Waals surface area contributed by atoms with Crippen molar-refractivity contribution in [3.8, 4) is 0 Å². The summed E-state index contributed by atoms with van der Waals surface area (Å²) in [5.74, 6) is 0.657. The van der Waals surface area contributed by atoms with Gasteiger partial charge < -0.3 is 9.80 Å². The molecule has 0 unspecified atom stereocenters. The normalized spacial score (nSPS) is 18.4. The molecule has 0 bridgehead atoms. The number of thioether (sulfide) groups is 1. The number of amides is 2. The van der Waals surface area contributed by atoms with Crippen molar-refractivity contribution in [3.63, 3.8) is 0 Å². The van der Waals surface area contributed by atoms with E-state index >= 15 is 0 Å². The molecule has 0 saturated carbocycles. The fourth-order valence-corrected chi connectivity index (χ4v) is 3.78. The number of hydrogen-bond donors (Lipinski definition) is 0. The van der Waals surface area contributed by atoms with Gasteiger partial charge in [-0.15, -0.1) is 11.8 Å². The van der Waals surface area contributed by atoms with Crippen LogP contribution in [0.4, 0.5) is 0 Å². The highest BCUT2D eigenvalue weighted by molar-refractivity contribution is 8.00. The molecule has 1 aromatic rings. The highest BCUT2D eigenvalue weighted by atomic mass is 32.2. The predicted molar refractivity (Wildman–Crippen MR) is 95.4 cm³/mol. The van der Waals surface area contributed by atoms with Gasteiger partial charge in [0.25, 0.3) is 0 Å². The van der Waals surface area contributed by atoms with Crippen LogP contribution in [0.5, 0.6) is 0 Å². The average Bonchev–Trinajstić information content (AvgIpc) is 2.85. The number of nitrogens with zero attached hydrogens (tertiary/aromatic N) is 2. The zero-order chi connectivity index (χ0) is 17.2. The van der Waals surface area contributed by atoms with Crippen molar-refractivity contribution in [3.05, 3.63) is 35.4 Å². The Kier molecular flexibility index (Phi) is 5.40. The highest BCUT2D eigenvalue weighted by Crippen LogP contribution is 2.39. The van der Waals surface area contributed by atoms with E-state index in [2.05, 4.69) is 45.0 Å². The van der Waals surface area contributed by atoms with Gasteiger partial charge in [-0.1, -0.05) is 45.0 Å². The van der Waals surface area contributed by atoms with E-state index in [1.54, 1.807) is 30.8 Å². The summed E-state index contributed by atoms with van der Waals surface area (Å²) in [6.45, 7) is 7.05. The lowest BCUT2D eigenvalue weighted by Gasteiger charge is -2.26. The van der Waals surface area contributed by atoms with Crippen LogP contribution in [0.3, 0.4) is 0 Å². The van der Waals surface area contributed by atoms with Gasteiger partial charge in [-0.3, -0.25) is 9.59 Å². The molecule has 1 aliphatic heterocycles. The maximum Gasteiger partial charge on any atom is 0.233 e. The van der Waals surface area contributed by atoms with Crippen molar-refractivity contribution in [2.45, 2.75) is 38.0 Å². The van der Waals surface area contributed by atoms with Crippen LogP contribution in [0.2, 0.25) is 0 Å².